The molecule has 4 heteroatoms. The van der Waals surface area contributed by atoms with Gasteiger partial charge in [0.2, 0.25) is 0 Å². The number of hydrogen-bond acceptors (Lipinski definition) is 1. The Hall–Kier alpha value is -1.87. The zero-order valence-corrected chi connectivity index (χ0v) is 12.7. The van der Waals surface area contributed by atoms with E-state index in [-0.39, 0.29) is 11.2 Å². The molecule has 0 aliphatic rings. The van der Waals surface area contributed by atoms with Crippen LogP contribution in [0.3, 0.4) is 0 Å². The number of fused-ring (bicyclic) bond motifs is 1. The Morgan fingerprint density at radius 1 is 1.19 bits per heavy atom. The van der Waals surface area contributed by atoms with Gasteiger partial charge in [0.05, 0.1) is 23.0 Å². The highest BCUT2D eigenvalue weighted by atomic mass is 35.5. The minimum absolute atomic E-state index is 0.207. The van der Waals surface area contributed by atoms with E-state index in [9.17, 15) is 4.39 Å². The molecule has 0 fully saturated rings. The van der Waals surface area contributed by atoms with Crippen LogP contribution in [-0.2, 0) is 6.54 Å². The van der Waals surface area contributed by atoms with Crippen LogP contribution in [0, 0.1) is 12.7 Å². The Balaban J connectivity index is 2.20. The first-order valence-electron chi connectivity index (χ1n) is 6.91. The van der Waals surface area contributed by atoms with Crippen molar-refractivity contribution in [3.8, 4) is 0 Å². The molecule has 21 heavy (non-hydrogen) atoms. The molecule has 1 atom stereocenters. The van der Waals surface area contributed by atoms with E-state index in [1.165, 1.54) is 6.07 Å². The average molecular weight is 303 g/mol. The van der Waals surface area contributed by atoms with Crippen molar-refractivity contribution < 1.29 is 4.39 Å². The molecule has 1 aromatic heterocycles. The molecule has 1 unspecified atom stereocenters. The maximum Gasteiger partial charge on any atom is 0.128 e. The summed E-state index contributed by atoms with van der Waals surface area (Å²) in [4.78, 5) is 4.61. The van der Waals surface area contributed by atoms with Gasteiger partial charge >= 0.3 is 0 Å². The van der Waals surface area contributed by atoms with E-state index in [0.717, 1.165) is 22.4 Å². The van der Waals surface area contributed by atoms with Gasteiger partial charge in [0.25, 0.3) is 0 Å². The van der Waals surface area contributed by atoms with Crippen LogP contribution in [0.15, 0.2) is 42.5 Å². The molecule has 0 bridgehead atoms. The van der Waals surface area contributed by atoms with Gasteiger partial charge in [-0.3, -0.25) is 0 Å². The Kier molecular flexibility index (Phi) is 3.68. The fourth-order valence-electron chi connectivity index (χ4n) is 2.64. The van der Waals surface area contributed by atoms with Crippen LogP contribution in [0.2, 0.25) is 0 Å². The molecule has 0 radical (unpaired) electrons. The minimum atomic E-state index is -0.233. The van der Waals surface area contributed by atoms with Gasteiger partial charge in [0.1, 0.15) is 11.6 Å². The minimum Gasteiger partial charge on any atom is -0.322 e. The summed E-state index contributed by atoms with van der Waals surface area (Å²) in [7, 11) is 0. The van der Waals surface area contributed by atoms with Crippen LogP contribution >= 0.6 is 11.6 Å². The molecule has 0 saturated heterocycles. The number of hydrogen-bond donors (Lipinski definition) is 0. The topological polar surface area (TPSA) is 17.8 Å². The SMILES string of the molecule is Cc1cccc2nc(C(C)Cl)n(Cc3ccccc3F)c12. The van der Waals surface area contributed by atoms with Crippen molar-refractivity contribution in [1.82, 2.24) is 9.55 Å². The summed E-state index contributed by atoms with van der Waals surface area (Å²) < 4.78 is 16.0. The number of imidazole rings is 1. The van der Waals surface area contributed by atoms with Gasteiger partial charge in [-0.15, -0.1) is 11.6 Å². The van der Waals surface area contributed by atoms with E-state index in [1.807, 2.05) is 42.7 Å². The zero-order valence-electron chi connectivity index (χ0n) is 12.0. The van der Waals surface area contributed by atoms with Gasteiger partial charge in [-0.25, -0.2) is 9.37 Å². The number of halogens is 2. The van der Waals surface area contributed by atoms with Crippen molar-refractivity contribution in [2.45, 2.75) is 25.8 Å². The van der Waals surface area contributed by atoms with Crippen molar-refractivity contribution in [2.75, 3.05) is 0 Å². The highest BCUT2D eigenvalue weighted by Gasteiger charge is 2.17. The van der Waals surface area contributed by atoms with Crippen molar-refractivity contribution in [2.24, 2.45) is 0 Å². The maximum atomic E-state index is 13.9. The summed E-state index contributed by atoms with van der Waals surface area (Å²) in [6.07, 6.45) is 0. The molecule has 2 aromatic carbocycles. The molecule has 0 amide bonds. The third-order valence-corrected chi connectivity index (χ3v) is 3.84. The molecule has 108 valence electrons. The van der Waals surface area contributed by atoms with Crippen molar-refractivity contribution in [1.29, 1.82) is 0 Å². The first-order valence-corrected chi connectivity index (χ1v) is 7.35. The molecule has 0 N–H and O–H groups in total. The summed E-state index contributed by atoms with van der Waals surface area (Å²) in [5.41, 5.74) is 3.66. The number of alkyl halides is 1. The smallest absolute Gasteiger partial charge is 0.128 e. The van der Waals surface area contributed by atoms with Crippen molar-refractivity contribution in [3.63, 3.8) is 0 Å². The highest BCUT2D eigenvalue weighted by molar-refractivity contribution is 6.20. The van der Waals surface area contributed by atoms with Gasteiger partial charge in [-0.2, -0.15) is 0 Å². The second-order valence-corrected chi connectivity index (χ2v) is 5.86. The number of aromatic nitrogens is 2. The zero-order chi connectivity index (χ0) is 15.0. The number of para-hydroxylation sites is 1. The number of aryl methyl sites for hydroxylation is 1. The fourth-order valence-corrected chi connectivity index (χ4v) is 2.81. The standard InChI is InChI=1S/C17H16ClFN2/c1-11-6-5-9-15-16(11)21(17(20-15)12(2)18)10-13-7-3-4-8-14(13)19/h3-9,12H,10H2,1-2H3. The van der Waals surface area contributed by atoms with E-state index in [0.29, 0.717) is 12.1 Å². The predicted octanol–water partition coefficient (Wildman–Crippen LogP) is 4.83. The van der Waals surface area contributed by atoms with E-state index in [4.69, 9.17) is 11.6 Å². The molecule has 0 aliphatic heterocycles. The molecule has 0 spiro atoms. The van der Waals surface area contributed by atoms with Crippen molar-refractivity contribution in [3.05, 3.63) is 65.2 Å². The molecule has 3 aromatic rings. The Morgan fingerprint density at radius 3 is 2.67 bits per heavy atom. The van der Waals surface area contributed by atoms with Gasteiger partial charge < -0.3 is 4.57 Å². The first kappa shape index (κ1) is 14.1. The van der Waals surface area contributed by atoms with Gasteiger partial charge in [-0.05, 0) is 31.5 Å². The van der Waals surface area contributed by atoms with E-state index in [2.05, 4.69) is 4.98 Å². The van der Waals surface area contributed by atoms with Crippen molar-refractivity contribution >= 4 is 22.6 Å². The van der Waals surface area contributed by atoms with E-state index < -0.39 is 0 Å². The van der Waals surface area contributed by atoms with Gasteiger partial charge in [0, 0.05) is 5.56 Å². The second kappa shape index (κ2) is 5.49. The summed E-state index contributed by atoms with van der Waals surface area (Å²) in [5.74, 6) is 0.560. The van der Waals surface area contributed by atoms with E-state index in [1.54, 1.807) is 12.1 Å². The van der Waals surface area contributed by atoms with Crippen LogP contribution in [0.1, 0.15) is 29.3 Å². The normalized spacial score (nSPS) is 12.8. The van der Waals surface area contributed by atoms with E-state index >= 15 is 0 Å². The number of nitrogens with zero attached hydrogens (tertiary/aromatic N) is 2. The van der Waals surface area contributed by atoms with Crippen LogP contribution in [0.5, 0.6) is 0 Å². The third-order valence-electron chi connectivity index (χ3n) is 3.64. The average Bonchev–Trinajstić information content (AvgIpc) is 2.82. The Bertz CT molecular complexity index is 793. The lowest BCUT2D eigenvalue weighted by molar-refractivity contribution is 0.597. The van der Waals surface area contributed by atoms with Gasteiger partial charge in [-0.1, -0.05) is 30.3 Å². The molecule has 0 saturated carbocycles. The number of benzene rings is 2. The lowest BCUT2D eigenvalue weighted by atomic mass is 10.1. The Morgan fingerprint density at radius 2 is 1.95 bits per heavy atom. The quantitative estimate of drug-likeness (QED) is 0.634. The molecule has 0 aliphatic carbocycles. The van der Waals surface area contributed by atoms with Crippen LogP contribution in [-0.4, -0.2) is 9.55 Å². The molecule has 1 heterocycles. The largest absolute Gasteiger partial charge is 0.322 e. The maximum absolute atomic E-state index is 13.9. The summed E-state index contributed by atoms with van der Waals surface area (Å²) in [6.45, 7) is 4.35. The van der Waals surface area contributed by atoms with Gasteiger partial charge in [0.15, 0.2) is 0 Å². The first-order chi connectivity index (χ1) is 10.1. The molecule has 2 nitrogen and oxygen atoms in total. The predicted molar refractivity (Wildman–Crippen MR) is 84.2 cm³/mol. The fraction of sp³-hybridized carbons (Fsp3) is 0.235. The Labute approximate surface area is 128 Å². The molecule has 3 rings (SSSR count). The van der Waals surface area contributed by atoms with Crippen LogP contribution in [0.25, 0.3) is 11.0 Å². The van der Waals surface area contributed by atoms with Crippen LogP contribution < -0.4 is 0 Å². The number of rotatable bonds is 3. The summed E-state index contributed by atoms with van der Waals surface area (Å²) in [6, 6.07) is 12.8. The monoisotopic (exact) mass is 302 g/mol. The summed E-state index contributed by atoms with van der Waals surface area (Å²) >= 11 is 6.26. The highest BCUT2D eigenvalue weighted by Crippen LogP contribution is 2.27. The molecular weight excluding hydrogens is 287 g/mol. The molecular formula is C17H16ClFN2. The summed E-state index contributed by atoms with van der Waals surface area (Å²) in [5, 5.41) is -0.233. The lowest BCUT2D eigenvalue weighted by Crippen LogP contribution is -2.07. The third kappa shape index (κ3) is 2.54. The lowest BCUT2D eigenvalue weighted by Gasteiger charge is -2.12. The van der Waals surface area contributed by atoms with Crippen LogP contribution in [0.4, 0.5) is 4.39 Å². The second-order valence-electron chi connectivity index (χ2n) is 5.21.